The number of piperidine rings is 1. The zero-order valence-electron chi connectivity index (χ0n) is 17.2. The van der Waals surface area contributed by atoms with Gasteiger partial charge in [0.05, 0.1) is 0 Å². The first-order valence-electron chi connectivity index (χ1n) is 10.0. The number of rotatable bonds is 8. The highest BCUT2D eigenvalue weighted by Crippen LogP contribution is 2.32. The van der Waals surface area contributed by atoms with Crippen molar-refractivity contribution in [2.75, 3.05) is 26.2 Å². The molecule has 5 nitrogen and oxygen atoms in total. The van der Waals surface area contributed by atoms with Crippen LogP contribution in [-0.2, 0) is 4.74 Å². The average Bonchev–Trinajstić information content (AvgIpc) is 2.54. The van der Waals surface area contributed by atoms with E-state index in [0.717, 1.165) is 45.3 Å². The molecule has 2 N–H and O–H groups in total. The fraction of sp³-hybridized carbons (Fsp3) is 0.950. The van der Waals surface area contributed by atoms with Crippen LogP contribution in [0.2, 0.25) is 0 Å². The van der Waals surface area contributed by atoms with Gasteiger partial charge in [-0.25, -0.2) is 4.79 Å². The molecule has 0 bridgehead atoms. The molecule has 0 radical (unpaired) electrons. The molecule has 1 aliphatic rings. The standard InChI is InChI=1S/C20H40N2O3/c1-7-17(8-2)21-11-9-16(14-23)18-10-12-22(13-15(18)3)19(24)25-20(4,5)6/h15-18,21,23H,7-14H2,1-6H3. The van der Waals surface area contributed by atoms with Crippen molar-refractivity contribution in [3.63, 3.8) is 0 Å². The predicted molar refractivity (Wildman–Crippen MR) is 103 cm³/mol. The van der Waals surface area contributed by atoms with E-state index in [1.807, 2.05) is 25.7 Å². The lowest BCUT2D eigenvalue weighted by Gasteiger charge is -2.40. The highest BCUT2D eigenvalue weighted by Gasteiger charge is 2.34. The van der Waals surface area contributed by atoms with E-state index in [1.54, 1.807) is 0 Å². The molecule has 1 saturated heterocycles. The van der Waals surface area contributed by atoms with Gasteiger partial charge < -0.3 is 20.1 Å². The minimum Gasteiger partial charge on any atom is -0.444 e. The summed E-state index contributed by atoms with van der Waals surface area (Å²) in [5.41, 5.74) is -0.453. The third-order valence-electron chi connectivity index (χ3n) is 5.40. The smallest absolute Gasteiger partial charge is 0.410 e. The molecule has 3 atom stereocenters. The molecule has 1 aliphatic heterocycles. The first-order chi connectivity index (χ1) is 11.7. The summed E-state index contributed by atoms with van der Waals surface area (Å²) < 4.78 is 5.49. The Morgan fingerprint density at radius 2 is 1.96 bits per heavy atom. The number of ether oxygens (including phenoxy) is 1. The summed E-state index contributed by atoms with van der Waals surface area (Å²) in [5.74, 6) is 1.15. The number of hydrogen-bond donors (Lipinski definition) is 2. The van der Waals surface area contributed by atoms with Crippen LogP contribution in [-0.4, -0.2) is 54.0 Å². The summed E-state index contributed by atoms with van der Waals surface area (Å²) in [6, 6.07) is 0.575. The van der Waals surface area contributed by atoms with Crippen molar-refractivity contribution in [1.29, 1.82) is 0 Å². The van der Waals surface area contributed by atoms with E-state index in [0.29, 0.717) is 23.8 Å². The fourth-order valence-corrected chi connectivity index (χ4v) is 3.85. The first kappa shape index (κ1) is 22.2. The molecule has 0 aromatic carbocycles. The summed E-state index contributed by atoms with van der Waals surface area (Å²) in [6.45, 7) is 14.9. The van der Waals surface area contributed by atoms with Crippen LogP contribution in [0.5, 0.6) is 0 Å². The number of likely N-dealkylation sites (tertiary alicyclic amines) is 1. The van der Waals surface area contributed by atoms with Crippen molar-refractivity contribution in [1.82, 2.24) is 10.2 Å². The lowest BCUT2D eigenvalue weighted by atomic mass is 9.76. The van der Waals surface area contributed by atoms with E-state index in [9.17, 15) is 9.90 Å². The Labute approximate surface area is 154 Å². The molecule has 25 heavy (non-hydrogen) atoms. The summed E-state index contributed by atoms with van der Waals surface area (Å²) in [6.07, 6.45) is 4.01. The van der Waals surface area contributed by atoms with Crippen molar-refractivity contribution in [3.05, 3.63) is 0 Å². The summed E-state index contributed by atoms with van der Waals surface area (Å²) >= 11 is 0. The monoisotopic (exact) mass is 356 g/mol. The third-order valence-corrected chi connectivity index (χ3v) is 5.40. The minimum absolute atomic E-state index is 0.214. The van der Waals surface area contributed by atoms with Crippen LogP contribution in [0.3, 0.4) is 0 Å². The Kier molecular flexibility index (Phi) is 9.22. The van der Waals surface area contributed by atoms with Gasteiger partial charge in [0, 0.05) is 25.7 Å². The number of carbonyl (C=O) groups is 1. The van der Waals surface area contributed by atoms with E-state index in [4.69, 9.17) is 4.74 Å². The number of hydrogen-bond acceptors (Lipinski definition) is 4. The summed E-state index contributed by atoms with van der Waals surface area (Å²) in [4.78, 5) is 14.1. The van der Waals surface area contributed by atoms with Crippen LogP contribution >= 0.6 is 0 Å². The van der Waals surface area contributed by atoms with Gasteiger partial charge in [-0.1, -0.05) is 20.8 Å². The zero-order valence-corrected chi connectivity index (χ0v) is 17.2. The quantitative estimate of drug-likeness (QED) is 0.697. The SMILES string of the molecule is CCC(CC)NCCC(CO)C1CCN(C(=O)OC(C)(C)C)CC1C. The van der Waals surface area contributed by atoms with Gasteiger partial charge in [-0.2, -0.15) is 0 Å². The lowest BCUT2D eigenvalue weighted by molar-refractivity contribution is 0.00266. The van der Waals surface area contributed by atoms with Crippen molar-refractivity contribution in [2.24, 2.45) is 17.8 Å². The van der Waals surface area contributed by atoms with Gasteiger partial charge in [-0.15, -0.1) is 0 Å². The Morgan fingerprint density at radius 3 is 2.44 bits per heavy atom. The molecule has 0 spiro atoms. The zero-order chi connectivity index (χ0) is 19.0. The van der Waals surface area contributed by atoms with Crippen molar-refractivity contribution >= 4 is 6.09 Å². The number of nitrogens with zero attached hydrogens (tertiary/aromatic N) is 1. The van der Waals surface area contributed by atoms with Gasteiger partial charge in [0.1, 0.15) is 5.60 Å². The van der Waals surface area contributed by atoms with Crippen LogP contribution < -0.4 is 5.32 Å². The van der Waals surface area contributed by atoms with Crippen LogP contribution in [0.4, 0.5) is 4.79 Å². The highest BCUT2D eigenvalue weighted by molar-refractivity contribution is 5.68. The largest absolute Gasteiger partial charge is 0.444 e. The average molecular weight is 357 g/mol. The van der Waals surface area contributed by atoms with Crippen LogP contribution in [0, 0.1) is 17.8 Å². The second-order valence-electron chi connectivity index (χ2n) is 8.56. The molecule has 0 aromatic heterocycles. The van der Waals surface area contributed by atoms with Crippen molar-refractivity contribution in [2.45, 2.75) is 78.9 Å². The van der Waals surface area contributed by atoms with Gasteiger partial charge in [0.15, 0.2) is 0 Å². The molecule has 1 amide bonds. The number of nitrogens with one attached hydrogen (secondary N) is 1. The Hall–Kier alpha value is -0.810. The maximum absolute atomic E-state index is 12.3. The topological polar surface area (TPSA) is 61.8 Å². The Balaban J connectivity index is 2.50. The minimum atomic E-state index is -0.453. The first-order valence-corrected chi connectivity index (χ1v) is 10.0. The van der Waals surface area contributed by atoms with Crippen LogP contribution in [0.15, 0.2) is 0 Å². The van der Waals surface area contributed by atoms with Gasteiger partial charge >= 0.3 is 6.09 Å². The van der Waals surface area contributed by atoms with E-state index < -0.39 is 5.60 Å². The second kappa shape index (κ2) is 10.4. The molecule has 1 heterocycles. The van der Waals surface area contributed by atoms with Gasteiger partial charge in [0.25, 0.3) is 0 Å². The molecule has 0 aromatic rings. The molecule has 148 valence electrons. The highest BCUT2D eigenvalue weighted by atomic mass is 16.6. The maximum atomic E-state index is 12.3. The van der Waals surface area contributed by atoms with Crippen LogP contribution in [0.25, 0.3) is 0 Å². The third kappa shape index (κ3) is 7.53. The van der Waals surface area contributed by atoms with Crippen molar-refractivity contribution in [3.8, 4) is 0 Å². The van der Waals surface area contributed by atoms with Gasteiger partial charge in [-0.05, 0) is 70.8 Å². The number of aliphatic hydroxyl groups is 1. The van der Waals surface area contributed by atoms with Gasteiger partial charge in [0.2, 0.25) is 0 Å². The lowest BCUT2D eigenvalue weighted by Crippen LogP contribution is -2.47. The Morgan fingerprint density at radius 1 is 1.32 bits per heavy atom. The van der Waals surface area contributed by atoms with Crippen LogP contribution in [0.1, 0.15) is 67.2 Å². The van der Waals surface area contributed by atoms with E-state index in [1.165, 1.54) is 0 Å². The fourth-order valence-electron chi connectivity index (χ4n) is 3.85. The molecule has 3 unspecified atom stereocenters. The van der Waals surface area contributed by atoms with Gasteiger partial charge in [-0.3, -0.25) is 0 Å². The van der Waals surface area contributed by atoms with E-state index >= 15 is 0 Å². The molecule has 1 rings (SSSR count). The maximum Gasteiger partial charge on any atom is 0.410 e. The van der Waals surface area contributed by atoms with E-state index in [-0.39, 0.29) is 12.7 Å². The molecular weight excluding hydrogens is 316 g/mol. The number of carbonyl (C=O) groups excluding carboxylic acids is 1. The number of amides is 1. The molecular formula is C20H40N2O3. The van der Waals surface area contributed by atoms with E-state index in [2.05, 4.69) is 26.1 Å². The molecule has 5 heteroatoms. The number of aliphatic hydroxyl groups excluding tert-OH is 1. The Bertz CT molecular complexity index is 391. The summed E-state index contributed by atoms with van der Waals surface area (Å²) in [7, 11) is 0. The molecule has 0 saturated carbocycles. The summed E-state index contributed by atoms with van der Waals surface area (Å²) in [5, 5.41) is 13.5. The predicted octanol–water partition coefficient (Wildman–Crippen LogP) is 3.66. The molecule has 0 aliphatic carbocycles. The normalized spacial score (nSPS) is 23.0. The van der Waals surface area contributed by atoms with Crippen molar-refractivity contribution < 1.29 is 14.6 Å². The second-order valence-corrected chi connectivity index (χ2v) is 8.56. The molecule has 1 fully saturated rings.